The van der Waals surface area contributed by atoms with Gasteiger partial charge in [-0.15, -0.1) is 0 Å². The van der Waals surface area contributed by atoms with Crippen molar-refractivity contribution in [1.29, 1.82) is 0 Å². The van der Waals surface area contributed by atoms with E-state index >= 15 is 0 Å². The van der Waals surface area contributed by atoms with Crippen LogP contribution >= 0.6 is 11.6 Å². The Labute approximate surface area is 139 Å². The molecule has 1 nitrogen and oxygen atoms in total. The van der Waals surface area contributed by atoms with Crippen molar-refractivity contribution in [3.63, 3.8) is 0 Å². The molecule has 1 saturated carbocycles. The lowest BCUT2D eigenvalue weighted by Crippen LogP contribution is -2.51. The average Bonchev–Trinajstić information content (AvgIpc) is 2.46. The molecule has 1 fully saturated rings. The highest BCUT2D eigenvalue weighted by atomic mass is 35.5. The Bertz CT molecular complexity index is 606. The van der Waals surface area contributed by atoms with Gasteiger partial charge in [0.25, 0.3) is 0 Å². The van der Waals surface area contributed by atoms with Crippen molar-refractivity contribution in [2.24, 2.45) is 11.3 Å². The zero-order valence-electron chi connectivity index (χ0n) is 14.2. The van der Waals surface area contributed by atoms with E-state index in [9.17, 15) is 4.79 Å². The lowest BCUT2D eigenvalue weighted by atomic mass is 9.50. The third-order valence-corrected chi connectivity index (χ3v) is 6.92. The van der Waals surface area contributed by atoms with Crippen LogP contribution in [0.3, 0.4) is 0 Å². The molecule has 0 aromatic heterocycles. The Hall–Kier alpha value is -0.820. The van der Waals surface area contributed by atoms with Crippen LogP contribution in [0.1, 0.15) is 76.0 Å². The summed E-state index contributed by atoms with van der Waals surface area (Å²) in [6.07, 6.45) is 5.36. The van der Waals surface area contributed by atoms with Crippen LogP contribution in [-0.4, -0.2) is 5.24 Å². The van der Waals surface area contributed by atoms with Crippen LogP contribution in [0.4, 0.5) is 0 Å². The summed E-state index contributed by atoms with van der Waals surface area (Å²) in [7, 11) is 0. The van der Waals surface area contributed by atoms with Crippen LogP contribution in [0.25, 0.3) is 0 Å². The van der Waals surface area contributed by atoms with Gasteiger partial charge >= 0.3 is 0 Å². The summed E-state index contributed by atoms with van der Waals surface area (Å²) in [5.41, 5.74) is 4.13. The van der Waals surface area contributed by atoms with E-state index in [0.29, 0.717) is 11.8 Å². The monoisotopic (exact) mass is 318 g/mol. The fourth-order valence-electron chi connectivity index (χ4n) is 5.11. The first-order valence-electron chi connectivity index (χ1n) is 8.62. The van der Waals surface area contributed by atoms with Crippen LogP contribution in [0.2, 0.25) is 0 Å². The summed E-state index contributed by atoms with van der Waals surface area (Å²) in [4.78, 5) is 12.1. The molecule has 0 spiro atoms. The topological polar surface area (TPSA) is 17.1 Å². The van der Waals surface area contributed by atoms with Crippen molar-refractivity contribution < 1.29 is 4.79 Å². The van der Waals surface area contributed by atoms with Crippen molar-refractivity contribution in [2.75, 3.05) is 0 Å². The van der Waals surface area contributed by atoms with E-state index in [-0.39, 0.29) is 16.1 Å². The molecule has 1 aromatic rings. The Kier molecular flexibility index (Phi) is 3.92. The number of fused-ring (bicyclic) bond motifs is 3. The van der Waals surface area contributed by atoms with Gasteiger partial charge in [0.05, 0.1) is 0 Å². The summed E-state index contributed by atoms with van der Waals surface area (Å²) in [6.45, 7) is 8.96. The summed E-state index contributed by atoms with van der Waals surface area (Å²) in [6, 6.07) is 7.02. The van der Waals surface area contributed by atoms with Gasteiger partial charge in [0.1, 0.15) is 0 Å². The molecule has 0 heterocycles. The van der Waals surface area contributed by atoms with Crippen molar-refractivity contribution in [3.05, 3.63) is 34.9 Å². The van der Waals surface area contributed by atoms with Crippen LogP contribution in [0, 0.1) is 11.3 Å². The molecule has 0 radical (unpaired) electrons. The number of carbonyl (C=O) groups is 1. The Morgan fingerprint density at radius 3 is 2.64 bits per heavy atom. The second kappa shape index (κ2) is 5.37. The van der Waals surface area contributed by atoms with E-state index in [0.717, 1.165) is 25.7 Å². The Morgan fingerprint density at radius 1 is 1.27 bits per heavy atom. The highest BCUT2D eigenvalue weighted by Crippen LogP contribution is 2.58. The highest BCUT2D eigenvalue weighted by molar-refractivity contribution is 6.64. The third kappa shape index (κ3) is 2.24. The van der Waals surface area contributed by atoms with Crippen LogP contribution < -0.4 is 0 Å². The van der Waals surface area contributed by atoms with Gasteiger partial charge in [0.15, 0.2) is 0 Å². The molecule has 2 aliphatic carbocycles. The first-order chi connectivity index (χ1) is 10.3. The van der Waals surface area contributed by atoms with Crippen LogP contribution in [0.15, 0.2) is 18.2 Å². The molecule has 2 aliphatic rings. The minimum Gasteiger partial charge on any atom is -0.281 e. The first-order valence-corrected chi connectivity index (χ1v) is 9.00. The highest BCUT2D eigenvalue weighted by Gasteiger charge is 2.54. The summed E-state index contributed by atoms with van der Waals surface area (Å²) >= 11 is 6.03. The number of benzene rings is 1. The van der Waals surface area contributed by atoms with Gasteiger partial charge in [-0.25, -0.2) is 0 Å². The molecule has 3 rings (SSSR count). The molecule has 0 unspecified atom stereocenters. The molecule has 120 valence electrons. The zero-order chi connectivity index (χ0) is 16.1. The second-order valence-corrected chi connectivity index (χ2v) is 8.47. The normalized spacial score (nSPS) is 34.2. The summed E-state index contributed by atoms with van der Waals surface area (Å²) in [5, 5.41) is -0.134. The SMILES string of the molecule is CC(C)c1ccc2c(c1)CC[C@H]1[C@](C)(C(=O)Cl)CCC[C@]21C. The number of hydrogen-bond acceptors (Lipinski definition) is 1. The number of rotatable bonds is 2. The maximum absolute atomic E-state index is 12.1. The van der Waals surface area contributed by atoms with E-state index in [4.69, 9.17) is 11.6 Å². The number of aryl methyl sites for hydroxylation is 1. The van der Waals surface area contributed by atoms with Gasteiger partial charge in [-0.1, -0.05) is 52.3 Å². The van der Waals surface area contributed by atoms with Gasteiger partial charge in [0.2, 0.25) is 5.24 Å². The van der Waals surface area contributed by atoms with Gasteiger partial charge in [0, 0.05) is 5.41 Å². The largest absolute Gasteiger partial charge is 0.281 e. The molecule has 0 N–H and O–H groups in total. The smallest absolute Gasteiger partial charge is 0.227 e. The minimum absolute atomic E-state index is 0.0979. The molecular weight excluding hydrogens is 292 g/mol. The molecule has 0 bridgehead atoms. The van der Waals surface area contributed by atoms with Gasteiger partial charge in [-0.05, 0) is 71.2 Å². The standard InChI is InChI=1S/C20H27ClO/c1-13(2)14-6-8-16-15(12-14)7-9-17-19(16,3)10-5-11-20(17,4)18(21)22/h6,8,12-13,17H,5,7,9-11H2,1-4H3/t17-,19-,20-/m1/s1. The number of hydrogen-bond donors (Lipinski definition) is 0. The van der Waals surface area contributed by atoms with Crippen molar-refractivity contribution in [2.45, 2.75) is 71.1 Å². The molecule has 0 amide bonds. The van der Waals surface area contributed by atoms with E-state index in [2.05, 4.69) is 45.9 Å². The molecule has 0 aliphatic heterocycles. The lowest BCUT2D eigenvalue weighted by molar-refractivity contribution is -0.127. The summed E-state index contributed by atoms with van der Waals surface area (Å²) < 4.78 is 0. The number of carbonyl (C=O) groups excluding carboxylic acids is 1. The molecule has 22 heavy (non-hydrogen) atoms. The van der Waals surface area contributed by atoms with Crippen molar-refractivity contribution in [3.8, 4) is 0 Å². The van der Waals surface area contributed by atoms with Crippen molar-refractivity contribution >= 4 is 16.8 Å². The van der Waals surface area contributed by atoms with E-state index in [1.54, 1.807) is 0 Å². The maximum Gasteiger partial charge on any atom is 0.227 e. The second-order valence-electron chi connectivity index (χ2n) is 8.12. The van der Waals surface area contributed by atoms with Gasteiger partial charge < -0.3 is 0 Å². The first kappa shape index (κ1) is 16.1. The Balaban J connectivity index is 2.08. The number of halogens is 1. The quantitative estimate of drug-likeness (QED) is 0.650. The molecule has 2 heteroatoms. The third-order valence-electron chi connectivity index (χ3n) is 6.49. The fraction of sp³-hybridized carbons (Fsp3) is 0.650. The average molecular weight is 319 g/mol. The summed E-state index contributed by atoms with van der Waals surface area (Å²) in [5.74, 6) is 0.938. The van der Waals surface area contributed by atoms with Crippen LogP contribution in [-0.2, 0) is 16.6 Å². The van der Waals surface area contributed by atoms with E-state index < -0.39 is 0 Å². The van der Waals surface area contributed by atoms with Crippen molar-refractivity contribution in [1.82, 2.24) is 0 Å². The maximum atomic E-state index is 12.1. The van der Waals surface area contributed by atoms with Gasteiger partial charge in [-0.2, -0.15) is 0 Å². The molecular formula is C20H27ClO. The predicted octanol–water partition coefficient (Wildman–Crippen LogP) is 5.59. The lowest BCUT2D eigenvalue weighted by Gasteiger charge is -2.54. The van der Waals surface area contributed by atoms with E-state index in [1.807, 2.05) is 0 Å². The molecule has 1 aromatic carbocycles. The fourth-order valence-corrected chi connectivity index (χ4v) is 5.33. The minimum atomic E-state index is -0.358. The van der Waals surface area contributed by atoms with E-state index in [1.165, 1.54) is 23.1 Å². The Morgan fingerprint density at radius 2 is 2.00 bits per heavy atom. The molecule has 3 atom stereocenters. The molecule has 0 saturated heterocycles. The zero-order valence-corrected chi connectivity index (χ0v) is 15.0. The predicted molar refractivity (Wildman–Crippen MR) is 92.5 cm³/mol. The van der Waals surface area contributed by atoms with Gasteiger partial charge in [-0.3, -0.25) is 4.79 Å². The van der Waals surface area contributed by atoms with Crippen LogP contribution in [0.5, 0.6) is 0 Å².